The molecule has 2 aromatic rings. The first kappa shape index (κ1) is 17.6. The van der Waals surface area contributed by atoms with Crippen LogP contribution < -0.4 is 9.47 Å². The van der Waals surface area contributed by atoms with Crippen LogP contribution in [0.25, 0.3) is 0 Å². The quantitative estimate of drug-likeness (QED) is 0.651. The molecule has 0 spiro atoms. The van der Waals surface area contributed by atoms with E-state index in [4.69, 9.17) is 18.9 Å². The highest BCUT2D eigenvalue weighted by Crippen LogP contribution is 2.38. The second-order valence-corrected chi connectivity index (χ2v) is 6.56. The van der Waals surface area contributed by atoms with E-state index in [9.17, 15) is 15.0 Å². The van der Waals surface area contributed by atoms with Crippen LogP contribution in [0.3, 0.4) is 0 Å². The standard InChI is InChI=1S/C20H20O7/c21-17-4-2-1-3-15(17)19(20(22)23)16-7-12(24-8-13-9-25-13)5-6-18(16)27-11-14-10-26-14/h1-7,13-14,19,21H,8-11H2,(H,22,23). The lowest BCUT2D eigenvalue weighted by atomic mass is 9.90. The maximum absolute atomic E-state index is 12.1. The number of carboxylic acids is 1. The summed E-state index contributed by atoms with van der Waals surface area (Å²) in [6.07, 6.45) is 0.124. The van der Waals surface area contributed by atoms with Gasteiger partial charge in [-0.3, -0.25) is 4.79 Å². The predicted molar refractivity (Wildman–Crippen MR) is 94.5 cm³/mol. The number of epoxide rings is 2. The second kappa shape index (κ2) is 7.46. The van der Waals surface area contributed by atoms with Gasteiger partial charge in [-0.25, -0.2) is 0 Å². The Balaban J connectivity index is 1.68. The van der Waals surface area contributed by atoms with Crippen LogP contribution in [0.2, 0.25) is 0 Å². The van der Waals surface area contributed by atoms with Gasteiger partial charge in [0, 0.05) is 11.1 Å². The minimum atomic E-state index is -1.10. The summed E-state index contributed by atoms with van der Waals surface area (Å²) in [5.41, 5.74) is 0.707. The largest absolute Gasteiger partial charge is 0.508 e. The van der Waals surface area contributed by atoms with Crippen molar-refractivity contribution in [1.82, 2.24) is 0 Å². The van der Waals surface area contributed by atoms with Crippen molar-refractivity contribution in [2.75, 3.05) is 26.4 Å². The van der Waals surface area contributed by atoms with E-state index in [0.717, 1.165) is 0 Å². The number of rotatable bonds is 9. The van der Waals surface area contributed by atoms with Gasteiger partial charge in [0.05, 0.1) is 13.2 Å². The molecule has 0 saturated carbocycles. The van der Waals surface area contributed by atoms with E-state index in [-0.39, 0.29) is 18.0 Å². The minimum absolute atomic E-state index is 0.0363. The lowest BCUT2D eigenvalue weighted by Crippen LogP contribution is -2.16. The number of benzene rings is 2. The Kier molecular flexibility index (Phi) is 4.87. The summed E-state index contributed by atoms with van der Waals surface area (Å²) in [5, 5.41) is 20.1. The number of carbonyl (C=O) groups is 1. The lowest BCUT2D eigenvalue weighted by Gasteiger charge is -2.19. The fraction of sp³-hybridized carbons (Fsp3) is 0.350. The zero-order valence-electron chi connectivity index (χ0n) is 14.5. The molecule has 142 valence electrons. The number of hydrogen-bond acceptors (Lipinski definition) is 6. The van der Waals surface area contributed by atoms with E-state index in [1.807, 2.05) is 0 Å². The maximum Gasteiger partial charge on any atom is 0.315 e. The number of phenols is 1. The molecule has 0 amide bonds. The molecule has 4 rings (SSSR count). The highest BCUT2D eigenvalue weighted by molar-refractivity contribution is 5.82. The molecule has 2 heterocycles. The smallest absolute Gasteiger partial charge is 0.315 e. The van der Waals surface area contributed by atoms with Gasteiger partial charge in [0.25, 0.3) is 0 Å². The van der Waals surface area contributed by atoms with Crippen LogP contribution in [0.1, 0.15) is 17.0 Å². The molecular formula is C20H20O7. The van der Waals surface area contributed by atoms with Gasteiger partial charge in [0.15, 0.2) is 0 Å². The van der Waals surface area contributed by atoms with Crippen LogP contribution >= 0.6 is 0 Å². The van der Waals surface area contributed by atoms with Gasteiger partial charge in [-0.1, -0.05) is 18.2 Å². The summed E-state index contributed by atoms with van der Waals surface area (Å²) in [4.78, 5) is 12.1. The molecule has 2 fully saturated rings. The SMILES string of the molecule is O=C(O)C(c1ccccc1O)c1cc(OCC2CO2)ccc1OCC1CO1. The fourth-order valence-electron chi connectivity index (χ4n) is 2.84. The molecule has 3 atom stereocenters. The highest BCUT2D eigenvalue weighted by Gasteiger charge is 2.30. The van der Waals surface area contributed by atoms with Gasteiger partial charge in [0.1, 0.15) is 48.6 Å². The first-order valence-corrected chi connectivity index (χ1v) is 8.75. The van der Waals surface area contributed by atoms with E-state index in [2.05, 4.69) is 0 Å². The Bertz CT molecular complexity index is 827. The number of para-hydroxylation sites is 1. The second-order valence-electron chi connectivity index (χ2n) is 6.56. The summed E-state index contributed by atoms with van der Waals surface area (Å²) in [7, 11) is 0. The van der Waals surface area contributed by atoms with Crippen molar-refractivity contribution in [3.63, 3.8) is 0 Å². The Morgan fingerprint density at radius 3 is 2.33 bits per heavy atom. The van der Waals surface area contributed by atoms with Gasteiger partial charge in [-0.15, -0.1) is 0 Å². The Morgan fingerprint density at radius 1 is 1.04 bits per heavy atom. The first-order chi connectivity index (χ1) is 13.1. The van der Waals surface area contributed by atoms with Gasteiger partial charge in [-0.05, 0) is 24.3 Å². The Morgan fingerprint density at radius 2 is 1.70 bits per heavy atom. The van der Waals surface area contributed by atoms with Crippen LogP contribution in [0.15, 0.2) is 42.5 Å². The summed E-state index contributed by atoms with van der Waals surface area (Å²) in [6, 6.07) is 11.5. The topological polar surface area (TPSA) is 101 Å². The van der Waals surface area contributed by atoms with E-state index in [1.165, 1.54) is 6.07 Å². The van der Waals surface area contributed by atoms with Crippen molar-refractivity contribution >= 4 is 5.97 Å². The van der Waals surface area contributed by atoms with Gasteiger partial charge in [0.2, 0.25) is 0 Å². The summed E-state index contributed by atoms with van der Waals surface area (Å²) < 4.78 is 21.8. The molecule has 2 saturated heterocycles. The summed E-state index contributed by atoms with van der Waals surface area (Å²) in [5.74, 6) is -1.32. The predicted octanol–water partition coefficient (Wildman–Crippen LogP) is 2.16. The first-order valence-electron chi connectivity index (χ1n) is 8.75. The van der Waals surface area contributed by atoms with Crippen LogP contribution in [0.5, 0.6) is 17.2 Å². The molecule has 0 aliphatic carbocycles. The van der Waals surface area contributed by atoms with Crippen molar-refractivity contribution < 1.29 is 34.0 Å². The molecule has 3 unspecified atom stereocenters. The third kappa shape index (κ3) is 4.32. The van der Waals surface area contributed by atoms with E-state index in [1.54, 1.807) is 36.4 Å². The van der Waals surface area contributed by atoms with Gasteiger partial charge < -0.3 is 29.2 Å². The van der Waals surface area contributed by atoms with E-state index >= 15 is 0 Å². The molecule has 2 aliphatic rings. The van der Waals surface area contributed by atoms with Crippen molar-refractivity contribution in [2.24, 2.45) is 0 Å². The lowest BCUT2D eigenvalue weighted by molar-refractivity contribution is -0.137. The fourth-order valence-corrected chi connectivity index (χ4v) is 2.84. The number of carboxylic acid groups (broad SMARTS) is 1. The molecule has 0 radical (unpaired) electrons. The minimum Gasteiger partial charge on any atom is -0.508 e. The average molecular weight is 372 g/mol. The average Bonchev–Trinajstić information content (AvgIpc) is 3.55. The summed E-state index contributed by atoms with van der Waals surface area (Å²) >= 11 is 0. The molecule has 2 N–H and O–H groups in total. The number of aromatic hydroxyl groups is 1. The zero-order chi connectivity index (χ0) is 18.8. The third-order valence-corrected chi connectivity index (χ3v) is 4.45. The third-order valence-electron chi connectivity index (χ3n) is 4.45. The highest BCUT2D eigenvalue weighted by atomic mass is 16.6. The molecule has 7 nitrogen and oxygen atoms in total. The van der Waals surface area contributed by atoms with Crippen LogP contribution in [-0.4, -0.2) is 54.8 Å². The Labute approximate surface area is 156 Å². The molecule has 0 bridgehead atoms. The molecular weight excluding hydrogens is 352 g/mol. The van der Waals surface area contributed by atoms with Gasteiger partial charge in [-0.2, -0.15) is 0 Å². The molecule has 2 aromatic carbocycles. The molecule has 0 aromatic heterocycles. The van der Waals surface area contributed by atoms with E-state index < -0.39 is 11.9 Å². The number of phenolic OH excluding ortho intramolecular Hbond substituents is 1. The Hall–Kier alpha value is -2.77. The number of aliphatic carboxylic acids is 1. The van der Waals surface area contributed by atoms with Crippen molar-refractivity contribution in [3.8, 4) is 17.2 Å². The van der Waals surface area contributed by atoms with Crippen molar-refractivity contribution in [3.05, 3.63) is 53.6 Å². The molecule has 7 heteroatoms. The van der Waals surface area contributed by atoms with E-state index in [0.29, 0.717) is 49.1 Å². The monoisotopic (exact) mass is 372 g/mol. The van der Waals surface area contributed by atoms with Gasteiger partial charge >= 0.3 is 5.97 Å². The molecule has 2 aliphatic heterocycles. The number of ether oxygens (including phenoxy) is 4. The summed E-state index contributed by atoms with van der Waals surface area (Å²) in [6.45, 7) is 2.06. The molecule has 27 heavy (non-hydrogen) atoms. The van der Waals surface area contributed by atoms with Crippen LogP contribution in [0.4, 0.5) is 0 Å². The maximum atomic E-state index is 12.1. The van der Waals surface area contributed by atoms with Crippen molar-refractivity contribution in [2.45, 2.75) is 18.1 Å². The normalized spacial score (nSPS) is 21.3. The number of hydrogen-bond donors (Lipinski definition) is 2. The van der Waals surface area contributed by atoms with Crippen LogP contribution in [-0.2, 0) is 14.3 Å². The van der Waals surface area contributed by atoms with Crippen LogP contribution in [0, 0.1) is 0 Å². The van der Waals surface area contributed by atoms with Crippen molar-refractivity contribution in [1.29, 1.82) is 0 Å². The zero-order valence-corrected chi connectivity index (χ0v) is 14.5.